The number of hydrogen-bond acceptors (Lipinski definition) is 3. The van der Waals surface area contributed by atoms with Gasteiger partial charge in [0.15, 0.2) is 0 Å². The van der Waals surface area contributed by atoms with Crippen LogP contribution in [-0.2, 0) is 6.54 Å². The number of carbonyl (C=O) groups excluding carboxylic acids is 1. The number of hydrogen-bond donors (Lipinski definition) is 1. The molecule has 2 aromatic carbocycles. The number of fused-ring (bicyclic) bond motifs is 3. The molecule has 0 fully saturated rings. The molecule has 1 aliphatic heterocycles. The summed E-state index contributed by atoms with van der Waals surface area (Å²) in [6.07, 6.45) is 0. The minimum atomic E-state index is -0.309. The Balaban J connectivity index is 1.48. The molecule has 1 aliphatic rings. The maximum absolute atomic E-state index is 13.1. The fourth-order valence-electron chi connectivity index (χ4n) is 3.33. The van der Waals surface area contributed by atoms with Gasteiger partial charge in [-0.3, -0.25) is 14.8 Å². The zero-order valence-electron chi connectivity index (χ0n) is 13.7. The Kier molecular flexibility index (Phi) is 3.15. The van der Waals surface area contributed by atoms with Crippen molar-refractivity contribution in [1.82, 2.24) is 19.7 Å². The third-order valence-corrected chi connectivity index (χ3v) is 4.62. The van der Waals surface area contributed by atoms with Gasteiger partial charge in [0.05, 0.1) is 16.7 Å². The molecule has 2 aromatic heterocycles. The summed E-state index contributed by atoms with van der Waals surface area (Å²) in [5, 5.41) is 6.97. The summed E-state index contributed by atoms with van der Waals surface area (Å²) in [6.45, 7) is 1.28. The maximum Gasteiger partial charge on any atom is 0.278 e. The van der Waals surface area contributed by atoms with Crippen molar-refractivity contribution in [3.63, 3.8) is 0 Å². The van der Waals surface area contributed by atoms with Crippen LogP contribution in [0.1, 0.15) is 10.5 Å². The van der Waals surface area contributed by atoms with Crippen LogP contribution >= 0.6 is 0 Å². The lowest BCUT2D eigenvalue weighted by Crippen LogP contribution is -2.29. The summed E-state index contributed by atoms with van der Waals surface area (Å²) in [7, 11) is 0. The molecular formula is C19H14FN5O. The number of para-hydroxylation sites is 2. The molecule has 0 bridgehead atoms. The van der Waals surface area contributed by atoms with Crippen molar-refractivity contribution in [1.29, 1.82) is 0 Å². The van der Waals surface area contributed by atoms with E-state index < -0.39 is 0 Å². The predicted molar refractivity (Wildman–Crippen MR) is 95.4 cm³/mol. The largest absolute Gasteiger partial charge is 0.308 e. The van der Waals surface area contributed by atoms with Crippen molar-refractivity contribution in [2.75, 3.05) is 11.4 Å². The van der Waals surface area contributed by atoms with Gasteiger partial charge in [-0.15, -0.1) is 0 Å². The van der Waals surface area contributed by atoms with Crippen molar-refractivity contribution >= 4 is 22.9 Å². The van der Waals surface area contributed by atoms with Gasteiger partial charge in [0, 0.05) is 18.7 Å². The average molecular weight is 347 g/mol. The van der Waals surface area contributed by atoms with Gasteiger partial charge in [-0.2, -0.15) is 5.10 Å². The van der Waals surface area contributed by atoms with Crippen LogP contribution in [0.2, 0.25) is 0 Å². The number of aromatic amines is 1. The lowest BCUT2D eigenvalue weighted by Gasteiger charge is -2.12. The summed E-state index contributed by atoms with van der Waals surface area (Å²) in [5.74, 6) is 0.158. The summed E-state index contributed by atoms with van der Waals surface area (Å²) in [5.41, 5.74) is 3.62. The Morgan fingerprint density at radius 2 is 1.88 bits per heavy atom. The molecule has 0 radical (unpaired) electrons. The van der Waals surface area contributed by atoms with Crippen molar-refractivity contribution in [2.45, 2.75) is 6.54 Å². The molecule has 4 aromatic rings. The molecule has 0 spiro atoms. The fourth-order valence-corrected chi connectivity index (χ4v) is 3.33. The number of rotatable bonds is 2. The van der Waals surface area contributed by atoms with E-state index in [1.165, 1.54) is 12.1 Å². The van der Waals surface area contributed by atoms with Gasteiger partial charge in [0.1, 0.15) is 11.5 Å². The number of halogens is 1. The number of aromatic nitrogens is 4. The first-order valence-corrected chi connectivity index (χ1v) is 8.29. The quantitative estimate of drug-likeness (QED) is 0.605. The SMILES string of the molecule is O=C(c1cc(-c2ccc(F)cc2)n[nH]1)N1CCn2c1nc1ccccc12. The third-order valence-electron chi connectivity index (χ3n) is 4.62. The van der Waals surface area contributed by atoms with Crippen LogP contribution in [0, 0.1) is 5.82 Å². The lowest BCUT2D eigenvalue weighted by molar-refractivity contribution is 0.0984. The molecule has 5 rings (SSSR count). The van der Waals surface area contributed by atoms with E-state index >= 15 is 0 Å². The molecule has 0 unspecified atom stereocenters. The smallest absolute Gasteiger partial charge is 0.278 e. The van der Waals surface area contributed by atoms with Crippen LogP contribution in [0.4, 0.5) is 10.3 Å². The van der Waals surface area contributed by atoms with Crippen LogP contribution in [-0.4, -0.2) is 32.2 Å². The fraction of sp³-hybridized carbons (Fsp3) is 0.105. The van der Waals surface area contributed by atoms with E-state index in [1.807, 2.05) is 28.8 Å². The molecule has 6 nitrogen and oxygen atoms in total. The first-order chi connectivity index (χ1) is 12.7. The number of amides is 1. The van der Waals surface area contributed by atoms with E-state index in [4.69, 9.17) is 0 Å². The molecule has 0 aliphatic carbocycles. The number of nitrogens with zero attached hydrogens (tertiary/aromatic N) is 4. The van der Waals surface area contributed by atoms with Crippen molar-refractivity contribution < 1.29 is 9.18 Å². The highest BCUT2D eigenvalue weighted by molar-refractivity contribution is 6.05. The second kappa shape index (κ2) is 5.52. The minimum Gasteiger partial charge on any atom is -0.308 e. The van der Waals surface area contributed by atoms with Gasteiger partial charge in [-0.25, -0.2) is 9.37 Å². The topological polar surface area (TPSA) is 66.8 Å². The van der Waals surface area contributed by atoms with E-state index in [0.29, 0.717) is 30.4 Å². The van der Waals surface area contributed by atoms with Crippen molar-refractivity contribution in [3.8, 4) is 11.3 Å². The van der Waals surface area contributed by atoms with Gasteiger partial charge >= 0.3 is 0 Å². The number of anilines is 1. The second-order valence-electron chi connectivity index (χ2n) is 6.18. The Morgan fingerprint density at radius 1 is 1.08 bits per heavy atom. The first-order valence-electron chi connectivity index (χ1n) is 8.29. The predicted octanol–water partition coefficient (Wildman–Crippen LogP) is 3.23. The normalized spacial score (nSPS) is 13.3. The highest BCUT2D eigenvalue weighted by Crippen LogP contribution is 2.28. The van der Waals surface area contributed by atoms with Crippen LogP contribution in [0.25, 0.3) is 22.3 Å². The summed E-state index contributed by atoms with van der Waals surface area (Å²) in [4.78, 5) is 19.2. The Labute approximate surface area is 147 Å². The van der Waals surface area contributed by atoms with E-state index in [2.05, 4.69) is 15.2 Å². The number of H-pyrrole nitrogens is 1. The van der Waals surface area contributed by atoms with Crippen LogP contribution in [0.5, 0.6) is 0 Å². The summed E-state index contributed by atoms with van der Waals surface area (Å²) < 4.78 is 15.1. The first kappa shape index (κ1) is 14.8. The number of benzene rings is 2. The van der Waals surface area contributed by atoms with E-state index in [0.717, 1.165) is 16.6 Å². The van der Waals surface area contributed by atoms with E-state index in [-0.39, 0.29) is 11.7 Å². The molecule has 1 N–H and O–H groups in total. The Morgan fingerprint density at radius 3 is 2.73 bits per heavy atom. The Bertz CT molecular complexity index is 1130. The number of imidazole rings is 1. The van der Waals surface area contributed by atoms with Gasteiger partial charge in [0.25, 0.3) is 5.91 Å². The molecule has 0 atom stereocenters. The van der Waals surface area contributed by atoms with Crippen LogP contribution in [0.3, 0.4) is 0 Å². The molecule has 1 amide bonds. The minimum absolute atomic E-state index is 0.181. The second-order valence-corrected chi connectivity index (χ2v) is 6.18. The number of nitrogens with one attached hydrogen (secondary N) is 1. The van der Waals surface area contributed by atoms with Crippen LogP contribution < -0.4 is 4.90 Å². The molecule has 26 heavy (non-hydrogen) atoms. The van der Waals surface area contributed by atoms with Gasteiger partial charge in [-0.05, 0) is 42.5 Å². The van der Waals surface area contributed by atoms with Gasteiger partial charge < -0.3 is 4.57 Å². The van der Waals surface area contributed by atoms with Gasteiger partial charge in [-0.1, -0.05) is 12.1 Å². The molecule has 0 saturated heterocycles. The van der Waals surface area contributed by atoms with Crippen LogP contribution in [0.15, 0.2) is 54.6 Å². The molecule has 0 saturated carbocycles. The highest BCUT2D eigenvalue weighted by Gasteiger charge is 2.30. The standard InChI is InChI=1S/C19H14FN5O/c20-13-7-5-12(6-8-13)15-11-16(23-22-15)18(26)25-10-9-24-17-4-2-1-3-14(17)21-19(24)25/h1-8,11H,9-10H2,(H,22,23). The lowest BCUT2D eigenvalue weighted by atomic mass is 10.1. The zero-order chi connectivity index (χ0) is 17.7. The molecule has 7 heteroatoms. The molecular weight excluding hydrogens is 333 g/mol. The third kappa shape index (κ3) is 2.21. The summed E-state index contributed by atoms with van der Waals surface area (Å²) >= 11 is 0. The highest BCUT2D eigenvalue weighted by atomic mass is 19.1. The van der Waals surface area contributed by atoms with Crippen molar-refractivity contribution in [2.24, 2.45) is 0 Å². The zero-order valence-corrected chi connectivity index (χ0v) is 13.7. The van der Waals surface area contributed by atoms with Crippen molar-refractivity contribution in [3.05, 3.63) is 66.1 Å². The maximum atomic E-state index is 13.1. The van der Waals surface area contributed by atoms with E-state index in [9.17, 15) is 9.18 Å². The van der Waals surface area contributed by atoms with E-state index in [1.54, 1.807) is 23.1 Å². The average Bonchev–Trinajstić information content (AvgIpc) is 3.37. The monoisotopic (exact) mass is 347 g/mol. The number of carbonyl (C=O) groups is 1. The van der Waals surface area contributed by atoms with Gasteiger partial charge in [0.2, 0.25) is 5.95 Å². The summed E-state index contributed by atoms with van der Waals surface area (Å²) in [6, 6.07) is 15.5. The molecule has 128 valence electrons. The Hall–Kier alpha value is -3.48. The molecule has 3 heterocycles.